The van der Waals surface area contributed by atoms with Crippen LogP contribution in [0.25, 0.3) is 5.76 Å². The molecule has 3 aromatic rings. The lowest BCUT2D eigenvalue weighted by molar-refractivity contribution is -0.132. The number of carbonyl (C=O) groups is 3. The van der Waals surface area contributed by atoms with Gasteiger partial charge in [0.2, 0.25) is 0 Å². The van der Waals surface area contributed by atoms with Gasteiger partial charge in [0.05, 0.1) is 38.1 Å². The van der Waals surface area contributed by atoms with E-state index in [-0.39, 0.29) is 21.3 Å². The van der Waals surface area contributed by atoms with Crippen LogP contribution in [0.1, 0.15) is 45.9 Å². The van der Waals surface area contributed by atoms with Gasteiger partial charge in [-0.15, -0.1) is 0 Å². The molecular formula is C27H26N2O7S. The molecule has 1 N–H and O–H groups in total. The molecule has 2 aromatic carbocycles. The number of aliphatic hydroxyl groups excluding tert-OH is 1. The molecule has 1 amide bonds. The number of aryl methyl sites for hydroxylation is 1. The Labute approximate surface area is 217 Å². The SMILES string of the molecule is CCCOc1ccc([C@H]2/C(=C(\O)c3cccc(OC)c3)C(=O)C(=O)N2c2nc(C)c(C(=O)OC)s2)cc1. The lowest BCUT2D eigenvalue weighted by Gasteiger charge is -2.23. The highest BCUT2D eigenvalue weighted by Gasteiger charge is 2.48. The van der Waals surface area contributed by atoms with Gasteiger partial charge in [0.1, 0.15) is 22.1 Å². The first-order valence-corrected chi connectivity index (χ1v) is 12.4. The van der Waals surface area contributed by atoms with Crippen molar-refractivity contribution in [1.29, 1.82) is 0 Å². The number of esters is 1. The second-order valence-corrected chi connectivity index (χ2v) is 9.20. The number of methoxy groups -OCH3 is 2. The summed E-state index contributed by atoms with van der Waals surface area (Å²) < 4.78 is 15.7. The molecular weight excluding hydrogens is 496 g/mol. The van der Waals surface area contributed by atoms with Gasteiger partial charge in [-0.2, -0.15) is 0 Å². The topological polar surface area (TPSA) is 115 Å². The first kappa shape index (κ1) is 25.9. The summed E-state index contributed by atoms with van der Waals surface area (Å²) in [6, 6.07) is 12.5. The number of aromatic nitrogens is 1. The molecule has 37 heavy (non-hydrogen) atoms. The third-order valence-corrected chi connectivity index (χ3v) is 6.96. The number of amides is 1. The highest BCUT2D eigenvalue weighted by atomic mass is 32.1. The van der Waals surface area contributed by atoms with E-state index in [1.807, 2.05) is 6.92 Å². The quantitative estimate of drug-likeness (QED) is 0.197. The number of benzene rings is 2. The van der Waals surface area contributed by atoms with Crippen molar-refractivity contribution in [2.45, 2.75) is 26.3 Å². The van der Waals surface area contributed by atoms with Gasteiger partial charge >= 0.3 is 11.9 Å². The van der Waals surface area contributed by atoms with Gasteiger partial charge < -0.3 is 19.3 Å². The zero-order chi connectivity index (χ0) is 26.7. The van der Waals surface area contributed by atoms with Gasteiger partial charge in [-0.3, -0.25) is 14.5 Å². The van der Waals surface area contributed by atoms with Gasteiger partial charge in [0, 0.05) is 5.56 Å². The fourth-order valence-corrected chi connectivity index (χ4v) is 5.02. The minimum Gasteiger partial charge on any atom is -0.507 e. The van der Waals surface area contributed by atoms with Crippen LogP contribution in [0.2, 0.25) is 0 Å². The molecule has 0 spiro atoms. The monoisotopic (exact) mass is 522 g/mol. The number of aliphatic hydroxyl groups is 1. The molecule has 192 valence electrons. The van der Waals surface area contributed by atoms with Crippen LogP contribution in [-0.2, 0) is 14.3 Å². The lowest BCUT2D eigenvalue weighted by atomic mass is 9.95. The molecule has 10 heteroatoms. The normalized spacial score (nSPS) is 16.6. The summed E-state index contributed by atoms with van der Waals surface area (Å²) in [5, 5.41) is 11.4. The van der Waals surface area contributed by atoms with Gasteiger partial charge in [0.25, 0.3) is 5.78 Å². The number of thiazole rings is 1. The molecule has 1 atom stereocenters. The largest absolute Gasteiger partial charge is 0.507 e. The molecule has 0 aliphatic carbocycles. The molecule has 1 aromatic heterocycles. The minimum absolute atomic E-state index is 0.104. The first-order valence-electron chi connectivity index (χ1n) is 11.5. The number of Topliss-reactive ketones (excluding diaryl/α,β-unsaturated/α-hetero) is 1. The summed E-state index contributed by atoms with van der Waals surface area (Å²) >= 11 is 0.942. The Bertz CT molecular complexity index is 1380. The maximum absolute atomic E-state index is 13.4. The zero-order valence-corrected chi connectivity index (χ0v) is 21.6. The molecule has 1 aliphatic rings. The second-order valence-electron chi connectivity index (χ2n) is 8.22. The number of nitrogens with zero attached hydrogens (tertiary/aromatic N) is 2. The van der Waals surface area contributed by atoms with Crippen molar-refractivity contribution < 1.29 is 33.7 Å². The van der Waals surface area contributed by atoms with Crippen LogP contribution >= 0.6 is 11.3 Å². The number of ketones is 1. The number of anilines is 1. The summed E-state index contributed by atoms with van der Waals surface area (Å²) in [6.45, 7) is 4.16. The summed E-state index contributed by atoms with van der Waals surface area (Å²) in [5.74, 6) is -1.57. The number of hydrogen-bond acceptors (Lipinski definition) is 9. The Kier molecular flexibility index (Phi) is 7.58. The van der Waals surface area contributed by atoms with Gasteiger partial charge in [-0.05, 0) is 43.2 Å². The molecule has 9 nitrogen and oxygen atoms in total. The van der Waals surface area contributed by atoms with E-state index in [4.69, 9.17) is 14.2 Å². The molecule has 0 bridgehead atoms. The molecule has 0 radical (unpaired) electrons. The molecule has 1 fully saturated rings. The lowest BCUT2D eigenvalue weighted by Crippen LogP contribution is -2.29. The summed E-state index contributed by atoms with van der Waals surface area (Å²) in [4.78, 5) is 44.7. The van der Waals surface area contributed by atoms with Gasteiger partial charge in [-0.25, -0.2) is 9.78 Å². The minimum atomic E-state index is -0.998. The Morgan fingerprint density at radius 1 is 1.11 bits per heavy atom. The van der Waals surface area contributed by atoms with Crippen LogP contribution in [0.5, 0.6) is 11.5 Å². The van der Waals surface area contributed by atoms with Crippen molar-refractivity contribution in [3.05, 3.63) is 75.8 Å². The van der Waals surface area contributed by atoms with Crippen molar-refractivity contribution in [3.63, 3.8) is 0 Å². The molecule has 0 unspecified atom stereocenters. The van der Waals surface area contributed by atoms with Crippen molar-refractivity contribution in [2.24, 2.45) is 0 Å². The molecule has 2 heterocycles. The standard InChI is InChI=1S/C27H26N2O7S/c1-5-13-36-18-11-9-16(10-12-18)21-20(22(30)17-7-6-8-19(14-17)34-3)23(31)25(32)29(21)27-28-15(2)24(37-27)26(33)35-4/h6-12,14,21,30H,5,13H2,1-4H3/b22-20+/t21-/m0/s1. The third-order valence-electron chi connectivity index (χ3n) is 5.82. The van der Waals surface area contributed by atoms with Crippen LogP contribution in [0.3, 0.4) is 0 Å². The average molecular weight is 523 g/mol. The fraction of sp³-hybridized carbons (Fsp3) is 0.259. The summed E-state index contributed by atoms with van der Waals surface area (Å²) in [6.07, 6.45) is 0.842. The van der Waals surface area contributed by atoms with Crippen LogP contribution < -0.4 is 14.4 Å². The van der Waals surface area contributed by atoms with E-state index in [2.05, 4.69) is 4.98 Å². The Hall–Kier alpha value is -4.18. The van der Waals surface area contributed by atoms with Gasteiger partial charge in [0.15, 0.2) is 5.13 Å². The Morgan fingerprint density at radius 3 is 2.49 bits per heavy atom. The zero-order valence-electron chi connectivity index (χ0n) is 20.8. The molecule has 1 saturated heterocycles. The predicted octanol–water partition coefficient (Wildman–Crippen LogP) is 4.66. The smallest absolute Gasteiger partial charge is 0.350 e. The van der Waals surface area contributed by atoms with Crippen molar-refractivity contribution in [3.8, 4) is 11.5 Å². The van der Waals surface area contributed by atoms with Crippen LogP contribution in [0.4, 0.5) is 5.13 Å². The molecule has 0 saturated carbocycles. The summed E-state index contributed by atoms with van der Waals surface area (Å²) in [7, 11) is 2.74. The van der Waals surface area contributed by atoms with Crippen LogP contribution in [-0.4, -0.2) is 48.6 Å². The third kappa shape index (κ3) is 4.92. The van der Waals surface area contributed by atoms with Crippen LogP contribution in [0.15, 0.2) is 54.1 Å². The number of rotatable bonds is 8. The van der Waals surface area contributed by atoms with E-state index < -0.39 is 23.7 Å². The summed E-state index contributed by atoms with van der Waals surface area (Å²) in [5.41, 5.74) is 1.13. The first-order chi connectivity index (χ1) is 17.8. The van der Waals surface area contributed by atoms with E-state index in [0.717, 1.165) is 17.8 Å². The Balaban J connectivity index is 1.89. The van der Waals surface area contributed by atoms with Crippen molar-refractivity contribution >= 4 is 39.9 Å². The van der Waals surface area contributed by atoms with Crippen LogP contribution in [0, 0.1) is 6.92 Å². The molecule has 4 rings (SSSR count). The molecule has 1 aliphatic heterocycles. The van der Waals surface area contributed by atoms with E-state index in [1.165, 1.54) is 19.1 Å². The van der Waals surface area contributed by atoms with E-state index in [0.29, 0.717) is 34.9 Å². The highest BCUT2D eigenvalue weighted by Crippen LogP contribution is 2.44. The predicted molar refractivity (Wildman–Crippen MR) is 138 cm³/mol. The van der Waals surface area contributed by atoms with Gasteiger partial charge in [-0.1, -0.05) is 42.5 Å². The van der Waals surface area contributed by atoms with E-state index in [1.54, 1.807) is 55.5 Å². The fourth-order valence-electron chi connectivity index (χ4n) is 4.00. The number of ether oxygens (including phenoxy) is 3. The maximum Gasteiger partial charge on any atom is 0.350 e. The highest BCUT2D eigenvalue weighted by molar-refractivity contribution is 7.17. The average Bonchev–Trinajstić information content (AvgIpc) is 3.43. The second kappa shape index (κ2) is 10.8. The number of hydrogen-bond donors (Lipinski definition) is 1. The van der Waals surface area contributed by atoms with Crippen molar-refractivity contribution in [2.75, 3.05) is 25.7 Å². The maximum atomic E-state index is 13.4. The van der Waals surface area contributed by atoms with Crippen molar-refractivity contribution in [1.82, 2.24) is 4.98 Å². The Morgan fingerprint density at radius 2 is 1.84 bits per heavy atom. The van der Waals surface area contributed by atoms with E-state index >= 15 is 0 Å². The van der Waals surface area contributed by atoms with E-state index in [9.17, 15) is 19.5 Å². The number of carbonyl (C=O) groups excluding carboxylic acids is 3.